The van der Waals surface area contributed by atoms with Crippen LogP contribution in [0.5, 0.6) is 11.5 Å². The van der Waals surface area contributed by atoms with Gasteiger partial charge in [0.1, 0.15) is 16.3 Å². The van der Waals surface area contributed by atoms with E-state index in [9.17, 15) is 9.90 Å². The summed E-state index contributed by atoms with van der Waals surface area (Å²) >= 11 is 5.60. The zero-order valence-corrected chi connectivity index (χ0v) is 7.50. The first-order valence-electron chi connectivity index (χ1n) is 3.36. The molecule has 5 heteroatoms. The Bertz CT molecular complexity index is 348. The second kappa shape index (κ2) is 3.53. The molecule has 0 aromatic heterocycles. The summed E-state index contributed by atoms with van der Waals surface area (Å²) in [5, 5.41) is 17.8. The number of halogens is 1. The predicted octanol–water partition coefficient (Wildman–Crippen LogP) is 1.75. The minimum Gasteiger partial charge on any atom is -0.505 e. The van der Waals surface area contributed by atoms with E-state index in [4.69, 9.17) is 21.4 Å². The molecule has 0 aliphatic rings. The van der Waals surface area contributed by atoms with Gasteiger partial charge in [-0.2, -0.15) is 0 Å². The highest BCUT2D eigenvalue weighted by molar-refractivity contribution is 6.34. The molecule has 0 aliphatic heterocycles. The van der Waals surface area contributed by atoms with Gasteiger partial charge >= 0.3 is 5.97 Å². The van der Waals surface area contributed by atoms with Gasteiger partial charge in [-0.05, 0) is 12.1 Å². The van der Waals surface area contributed by atoms with Gasteiger partial charge in [0.2, 0.25) is 0 Å². The molecule has 0 fully saturated rings. The first-order valence-corrected chi connectivity index (χ1v) is 3.74. The molecule has 1 rings (SSSR count). The number of aromatic carboxylic acids is 1. The Morgan fingerprint density at radius 3 is 2.62 bits per heavy atom. The van der Waals surface area contributed by atoms with Crippen molar-refractivity contribution < 1.29 is 19.7 Å². The standard InChI is InChI=1S/C8H7ClO4/c1-13-5-3-2-4(8(11)12)7(10)6(5)9/h2-3,10H,1H3,(H,11,12). The van der Waals surface area contributed by atoms with E-state index >= 15 is 0 Å². The molecule has 2 N–H and O–H groups in total. The quantitative estimate of drug-likeness (QED) is 0.767. The van der Waals surface area contributed by atoms with Gasteiger partial charge < -0.3 is 14.9 Å². The maximum absolute atomic E-state index is 10.5. The third kappa shape index (κ3) is 1.67. The number of ether oxygens (including phenoxy) is 1. The number of carboxylic acid groups (broad SMARTS) is 1. The Morgan fingerprint density at radius 1 is 1.54 bits per heavy atom. The first-order chi connectivity index (χ1) is 6.07. The average molecular weight is 203 g/mol. The lowest BCUT2D eigenvalue weighted by atomic mass is 10.2. The first kappa shape index (κ1) is 9.67. The number of hydrogen-bond donors (Lipinski definition) is 2. The highest BCUT2D eigenvalue weighted by Crippen LogP contribution is 2.35. The summed E-state index contributed by atoms with van der Waals surface area (Å²) in [7, 11) is 1.38. The van der Waals surface area contributed by atoms with Crippen molar-refractivity contribution in [3.63, 3.8) is 0 Å². The van der Waals surface area contributed by atoms with Crippen molar-refractivity contribution in [3.8, 4) is 11.5 Å². The molecule has 0 radical (unpaired) electrons. The van der Waals surface area contributed by atoms with E-state index in [1.165, 1.54) is 19.2 Å². The number of rotatable bonds is 2. The van der Waals surface area contributed by atoms with Crippen LogP contribution in [0.1, 0.15) is 10.4 Å². The Kier molecular flexibility index (Phi) is 2.63. The number of benzene rings is 1. The van der Waals surface area contributed by atoms with E-state index in [0.29, 0.717) is 0 Å². The summed E-state index contributed by atoms with van der Waals surface area (Å²) in [6.07, 6.45) is 0. The fourth-order valence-corrected chi connectivity index (χ4v) is 1.12. The molecule has 0 atom stereocenters. The molecule has 0 aliphatic carbocycles. The van der Waals surface area contributed by atoms with Gasteiger partial charge in [-0.15, -0.1) is 0 Å². The zero-order chi connectivity index (χ0) is 10.0. The number of phenols is 1. The summed E-state index contributed by atoms with van der Waals surface area (Å²) in [5.41, 5.74) is -0.245. The normalized spacial score (nSPS) is 9.69. The van der Waals surface area contributed by atoms with E-state index in [-0.39, 0.29) is 16.3 Å². The monoisotopic (exact) mass is 202 g/mol. The van der Waals surface area contributed by atoms with Crippen molar-refractivity contribution in [1.29, 1.82) is 0 Å². The molecule has 0 unspecified atom stereocenters. The maximum Gasteiger partial charge on any atom is 0.339 e. The van der Waals surface area contributed by atoms with Gasteiger partial charge in [-0.3, -0.25) is 0 Å². The van der Waals surface area contributed by atoms with Crippen LogP contribution in [0.3, 0.4) is 0 Å². The fourth-order valence-electron chi connectivity index (χ4n) is 0.876. The molecule has 1 aromatic carbocycles. The molecular formula is C8H7ClO4. The molecule has 0 saturated carbocycles. The minimum atomic E-state index is -1.23. The molecule has 4 nitrogen and oxygen atoms in total. The van der Waals surface area contributed by atoms with Crippen LogP contribution < -0.4 is 4.74 Å². The minimum absolute atomic E-state index is 0.0950. The zero-order valence-electron chi connectivity index (χ0n) is 6.74. The molecule has 1 aromatic rings. The van der Waals surface area contributed by atoms with E-state index in [1.54, 1.807) is 0 Å². The SMILES string of the molecule is COc1ccc(C(=O)O)c(O)c1Cl. The molecule has 0 heterocycles. The lowest BCUT2D eigenvalue weighted by molar-refractivity contribution is 0.0693. The van der Waals surface area contributed by atoms with Gasteiger partial charge in [0.25, 0.3) is 0 Å². The van der Waals surface area contributed by atoms with Crippen LogP contribution in [0.2, 0.25) is 5.02 Å². The second-order valence-electron chi connectivity index (χ2n) is 2.28. The Labute approximate surface area is 79.3 Å². The van der Waals surface area contributed by atoms with Crippen molar-refractivity contribution in [2.75, 3.05) is 7.11 Å². The van der Waals surface area contributed by atoms with Crippen LogP contribution >= 0.6 is 11.6 Å². The van der Waals surface area contributed by atoms with Crippen LogP contribution in [0, 0.1) is 0 Å². The summed E-state index contributed by atoms with van der Waals surface area (Å²) in [6, 6.07) is 2.61. The van der Waals surface area contributed by atoms with Crippen molar-refractivity contribution in [3.05, 3.63) is 22.7 Å². The molecular weight excluding hydrogens is 196 g/mol. The van der Waals surface area contributed by atoms with Crippen molar-refractivity contribution >= 4 is 17.6 Å². The highest BCUT2D eigenvalue weighted by Gasteiger charge is 2.15. The maximum atomic E-state index is 10.5. The van der Waals surface area contributed by atoms with E-state index in [0.717, 1.165) is 0 Å². The van der Waals surface area contributed by atoms with Gasteiger partial charge in [0.05, 0.1) is 7.11 Å². The van der Waals surface area contributed by atoms with Gasteiger partial charge in [0, 0.05) is 0 Å². The number of carboxylic acids is 1. The van der Waals surface area contributed by atoms with Crippen LogP contribution in [0.25, 0.3) is 0 Å². The molecule has 13 heavy (non-hydrogen) atoms. The Hall–Kier alpha value is -1.42. The third-order valence-electron chi connectivity index (χ3n) is 1.53. The van der Waals surface area contributed by atoms with Crippen molar-refractivity contribution in [2.45, 2.75) is 0 Å². The number of methoxy groups -OCH3 is 1. The molecule has 0 bridgehead atoms. The number of hydrogen-bond acceptors (Lipinski definition) is 3. The predicted molar refractivity (Wildman–Crippen MR) is 46.6 cm³/mol. The third-order valence-corrected chi connectivity index (χ3v) is 1.90. The summed E-state index contributed by atoms with van der Waals surface area (Å²) in [6.45, 7) is 0. The summed E-state index contributed by atoms with van der Waals surface area (Å²) < 4.78 is 4.78. The number of carbonyl (C=O) groups is 1. The Balaban J connectivity index is 3.31. The van der Waals surface area contributed by atoms with Crippen molar-refractivity contribution in [1.82, 2.24) is 0 Å². The topological polar surface area (TPSA) is 66.8 Å². The lowest BCUT2D eigenvalue weighted by Gasteiger charge is -2.06. The van der Waals surface area contributed by atoms with Gasteiger partial charge in [-0.25, -0.2) is 4.79 Å². The number of aromatic hydroxyl groups is 1. The van der Waals surface area contributed by atoms with Crippen LogP contribution in [-0.4, -0.2) is 23.3 Å². The van der Waals surface area contributed by atoms with Gasteiger partial charge in [-0.1, -0.05) is 11.6 Å². The van der Waals surface area contributed by atoms with Crippen LogP contribution in [0.4, 0.5) is 0 Å². The molecule has 0 spiro atoms. The molecule has 0 amide bonds. The van der Waals surface area contributed by atoms with Crippen LogP contribution in [-0.2, 0) is 0 Å². The largest absolute Gasteiger partial charge is 0.505 e. The van der Waals surface area contributed by atoms with E-state index in [1.807, 2.05) is 0 Å². The Morgan fingerprint density at radius 2 is 2.15 bits per heavy atom. The van der Waals surface area contributed by atoms with E-state index in [2.05, 4.69) is 0 Å². The fraction of sp³-hybridized carbons (Fsp3) is 0.125. The smallest absolute Gasteiger partial charge is 0.339 e. The second-order valence-corrected chi connectivity index (χ2v) is 2.66. The summed E-state index contributed by atoms with van der Waals surface area (Å²) in [5.74, 6) is -1.47. The highest BCUT2D eigenvalue weighted by atomic mass is 35.5. The van der Waals surface area contributed by atoms with Crippen molar-refractivity contribution in [2.24, 2.45) is 0 Å². The van der Waals surface area contributed by atoms with Crippen LogP contribution in [0.15, 0.2) is 12.1 Å². The molecule has 0 saturated heterocycles. The van der Waals surface area contributed by atoms with Gasteiger partial charge in [0.15, 0.2) is 5.75 Å². The lowest BCUT2D eigenvalue weighted by Crippen LogP contribution is -1.97. The summed E-state index contributed by atoms with van der Waals surface area (Å²) in [4.78, 5) is 10.5. The molecule has 70 valence electrons. The van der Waals surface area contributed by atoms with E-state index < -0.39 is 11.7 Å². The average Bonchev–Trinajstić information content (AvgIpc) is 2.09.